The van der Waals surface area contributed by atoms with Crippen LogP contribution in [-0.2, 0) is 11.2 Å². The van der Waals surface area contributed by atoms with Gasteiger partial charge in [0.1, 0.15) is 5.75 Å². The van der Waals surface area contributed by atoms with Gasteiger partial charge in [-0.25, -0.2) is 0 Å². The predicted octanol–water partition coefficient (Wildman–Crippen LogP) is 3.38. The van der Waals surface area contributed by atoms with Gasteiger partial charge in [-0.1, -0.05) is 30.4 Å². The number of aliphatic imine (C=N–C) groups is 1. The van der Waals surface area contributed by atoms with E-state index in [0.717, 1.165) is 36.4 Å². The minimum Gasteiger partial charge on any atom is -0.497 e. The molecule has 0 aromatic heterocycles. The van der Waals surface area contributed by atoms with Crippen LogP contribution in [0.3, 0.4) is 0 Å². The number of carboxylic acid groups (broad SMARTS) is 1. The third-order valence-corrected chi connectivity index (χ3v) is 7.24. The quantitative estimate of drug-likeness (QED) is 0.899. The molecule has 1 spiro atoms. The van der Waals surface area contributed by atoms with E-state index in [9.17, 15) is 9.90 Å². The molecule has 1 saturated heterocycles. The third-order valence-electron chi connectivity index (χ3n) is 5.44. The van der Waals surface area contributed by atoms with E-state index < -0.39 is 5.97 Å². The van der Waals surface area contributed by atoms with Crippen LogP contribution in [0.1, 0.15) is 12.0 Å². The molecule has 0 amide bonds. The Balaban J connectivity index is 1.66. The summed E-state index contributed by atoms with van der Waals surface area (Å²) in [7, 11) is 1.65. The molecule has 0 bridgehead atoms. The van der Waals surface area contributed by atoms with E-state index in [-0.39, 0.29) is 21.8 Å². The maximum absolute atomic E-state index is 12.1. The Bertz CT molecular complexity index is 768. The van der Waals surface area contributed by atoms with Crippen molar-refractivity contribution >= 4 is 23.4 Å². The van der Waals surface area contributed by atoms with Crippen LogP contribution in [0, 0.1) is 11.8 Å². The maximum Gasteiger partial charge on any atom is 0.307 e. The highest BCUT2D eigenvalue weighted by molar-refractivity contribution is 8.02. The summed E-state index contributed by atoms with van der Waals surface area (Å²) in [5, 5.41) is 9.99. The molecule has 1 aromatic carbocycles. The molecule has 1 aromatic rings. The van der Waals surface area contributed by atoms with Crippen LogP contribution in [-0.4, -0.2) is 40.4 Å². The van der Waals surface area contributed by atoms with Gasteiger partial charge in [-0.2, -0.15) is 0 Å². The molecule has 1 aliphatic carbocycles. The van der Waals surface area contributed by atoms with Crippen molar-refractivity contribution in [2.45, 2.75) is 22.8 Å². The first-order valence-corrected chi connectivity index (χ1v) is 9.46. The number of nitrogens with zero attached hydrogens (tertiary/aromatic N) is 1. The SMILES string of the molecule is COc1ccc(CC2SC34C=CC=CC3=NCCC4C2C(=O)O)cc1. The van der Waals surface area contributed by atoms with Gasteiger partial charge in [-0.15, -0.1) is 11.8 Å². The van der Waals surface area contributed by atoms with Crippen molar-refractivity contribution in [3.8, 4) is 5.75 Å². The van der Waals surface area contributed by atoms with Crippen molar-refractivity contribution in [2.24, 2.45) is 16.8 Å². The molecule has 3 aliphatic rings. The Hall–Kier alpha value is -2.01. The molecular formula is C20H21NO3S. The number of rotatable bonds is 4. The second-order valence-corrected chi connectivity index (χ2v) is 8.26. The number of thioether (sulfide) groups is 1. The van der Waals surface area contributed by atoms with Crippen molar-refractivity contribution in [1.29, 1.82) is 0 Å². The van der Waals surface area contributed by atoms with Crippen LogP contribution in [0.25, 0.3) is 0 Å². The van der Waals surface area contributed by atoms with Gasteiger partial charge in [0.05, 0.1) is 23.5 Å². The fourth-order valence-electron chi connectivity index (χ4n) is 4.30. The van der Waals surface area contributed by atoms with Gasteiger partial charge in [0.15, 0.2) is 0 Å². The molecule has 4 rings (SSSR count). The number of methoxy groups -OCH3 is 1. The van der Waals surface area contributed by atoms with E-state index in [0.29, 0.717) is 0 Å². The summed E-state index contributed by atoms with van der Waals surface area (Å²) in [6, 6.07) is 7.94. The molecule has 4 nitrogen and oxygen atoms in total. The summed E-state index contributed by atoms with van der Waals surface area (Å²) in [6.45, 7) is 0.722. The molecule has 130 valence electrons. The van der Waals surface area contributed by atoms with Crippen LogP contribution in [0.5, 0.6) is 5.75 Å². The second-order valence-electron chi connectivity index (χ2n) is 6.75. The normalized spacial score (nSPS) is 32.7. The maximum atomic E-state index is 12.1. The topological polar surface area (TPSA) is 58.9 Å². The Kier molecular flexibility index (Phi) is 4.20. The number of carboxylic acids is 1. The molecular weight excluding hydrogens is 334 g/mol. The van der Waals surface area contributed by atoms with E-state index >= 15 is 0 Å². The zero-order valence-electron chi connectivity index (χ0n) is 14.1. The molecule has 0 radical (unpaired) electrons. The fourth-order valence-corrected chi connectivity index (χ4v) is 6.38. The second kappa shape index (κ2) is 6.37. The number of hydrogen-bond acceptors (Lipinski definition) is 4. The summed E-state index contributed by atoms with van der Waals surface area (Å²) in [5.74, 6) is -0.113. The van der Waals surface area contributed by atoms with Gasteiger partial charge in [0.2, 0.25) is 0 Å². The Labute approximate surface area is 151 Å². The number of ether oxygens (including phenoxy) is 1. The van der Waals surface area contributed by atoms with E-state index in [4.69, 9.17) is 9.73 Å². The van der Waals surface area contributed by atoms with Crippen LogP contribution < -0.4 is 4.74 Å². The van der Waals surface area contributed by atoms with Crippen LogP contribution >= 0.6 is 11.8 Å². The lowest BCUT2D eigenvalue weighted by Crippen LogP contribution is -2.44. The molecule has 2 heterocycles. The van der Waals surface area contributed by atoms with Crippen LogP contribution in [0.2, 0.25) is 0 Å². The first kappa shape index (κ1) is 16.5. The van der Waals surface area contributed by atoms with Crippen LogP contribution in [0.4, 0.5) is 0 Å². The van der Waals surface area contributed by atoms with Crippen molar-refractivity contribution in [3.63, 3.8) is 0 Å². The van der Waals surface area contributed by atoms with Gasteiger partial charge < -0.3 is 9.84 Å². The van der Waals surface area contributed by atoms with E-state index in [2.05, 4.69) is 6.08 Å². The molecule has 1 N–H and O–H groups in total. The molecule has 0 saturated carbocycles. The number of allylic oxidation sites excluding steroid dienone is 3. The van der Waals surface area contributed by atoms with Crippen molar-refractivity contribution in [3.05, 3.63) is 54.1 Å². The van der Waals surface area contributed by atoms with E-state index in [1.54, 1.807) is 18.9 Å². The zero-order chi connectivity index (χ0) is 17.4. The van der Waals surface area contributed by atoms with Crippen LogP contribution in [0.15, 0.2) is 53.6 Å². The van der Waals surface area contributed by atoms with Gasteiger partial charge >= 0.3 is 5.97 Å². The molecule has 5 heteroatoms. The first-order valence-electron chi connectivity index (χ1n) is 8.58. The van der Waals surface area contributed by atoms with E-state index in [1.165, 1.54) is 0 Å². The van der Waals surface area contributed by atoms with Crippen molar-refractivity contribution in [1.82, 2.24) is 0 Å². The summed E-state index contributed by atoms with van der Waals surface area (Å²) < 4.78 is 4.94. The predicted molar refractivity (Wildman–Crippen MR) is 101 cm³/mol. The largest absolute Gasteiger partial charge is 0.497 e. The Morgan fingerprint density at radius 2 is 2.16 bits per heavy atom. The average molecular weight is 355 g/mol. The van der Waals surface area contributed by atoms with Crippen molar-refractivity contribution < 1.29 is 14.6 Å². The van der Waals surface area contributed by atoms with Gasteiger partial charge in [-0.3, -0.25) is 9.79 Å². The third kappa shape index (κ3) is 2.71. The lowest BCUT2D eigenvalue weighted by atomic mass is 9.72. The standard InChI is InChI=1S/C20H21NO3S/c1-24-14-7-5-13(6-8-14)12-16-18(19(22)23)15-9-11-21-17-4-2-3-10-20(15,17)25-16/h2-8,10,15-16,18H,9,11-12H2,1H3,(H,22,23). The highest BCUT2D eigenvalue weighted by Crippen LogP contribution is 2.57. The smallest absolute Gasteiger partial charge is 0.307 e. The number of carbonyl (C=O) groups is 1. The average Bonchev–Trinajstić information content (AvgIpc) is 2.94. The van der Waals surface area contributed by atoms with E-state index in [1.807, 2.05) is 42.5 Å². The highest BCUT2D eigenvalue weighted by atomic mass is 32.2. The summed E-state index contributed by atoms with van der Waals surface area (Å²) in [5.41, 5.74) is 2.19. The molecule has 4 unspecified atom stereocenters. The lowest BCUT2D eigenvalue weighted by molar-refractivity contribution is -0.143. The Morgan fingerprint density at radius 3 is 2.88 bits per heavy atom. The monoisotopic (exact) mass is 355 g/mol. The molecule has 2 aliphatic heterocycles. The molecule has 25 heavy (non-hydrogen) atoms. The van der Waals surface area contributed by atoms with Gasteiger partial charge in [-0.05, 0) is 42.5 Å². The number of hydrogen-bond donors (Lipinski definition) is 1. The minimum atomic E-state index is -0.683. The summed E-state index contributed by atoms with van der Waals surface area (Å²) >= 11 is 1.79. The number of aliphatic carboxylic acids is 1. The first-order chi connectivity index (χ1) is 12.1. The fraction of sp³-hybridized carbons (Fsp3) is 0.400. The molecule has 4 atom stereocenters. The summed E-state index contributed by atoms with van der Waals surface area (Å²) in [6.07, 6.45) is 9.84. The van der Waals surface area contributed by atoms with Gasteiger partial charge in [0, 0.05) is 11.8 Å². The summed E-state index contributed by atoms with van der Waals surface area (Å²) in [4.78, 5) is 16.8. The minimum absolute atomic E-state index is 0.0374. The van der Waals surface area contributed by atoms with Gasteiger partial charge in [0.25, 0.3) is 0 Å². The zero-order valence-corrected chi connectivity index (χ0v) is 14.9. The Morgan fingerprint density at radius 1 is 1.36 bits per heavy atom. The number of benzene rings is 1. The molecule has 1 fully saturated rings. The lowest BCUT2D eigenvalue weighted by Gasteiger charge is -2.37. The van der Waals surface area contributed by atoms with Crippen molar-refractivity contribution in [2.75, 3.05) is 13.7 Å². The highest BCUT2D eigenvalue weighted by Gasteiger charge is 2.58.